The van der Waals surface area contributed by atoms with Crippen LogP contribution in [0.15, 0.2) is 53.7 Å². The molecule has 0 fully saturated rings. The Balaban J connectivity index is 1.91. The molecule has 0 unspecified atom stereocenters. The van der Waals surface area contributed by atoms with Crippen LogP contribution in [0.4, 0.5) is 5.69 Å². The van der Waals surface area contributed by atoms with Crippen LogP contribution >= 0.6 is 11.8 Å². The van der Waals surface area contributed by atoms with E-state index in [0.717, 1.165) is 5.03 Å². The molecule has 0 radical (unpaired) electrons. The van der Waals surface area contributed by atoms with E-state index in [1.54, 1.807) is 18.3 Å². The molecule has 0 atom stereocenters. The molecule has 0 spiro atoms. The van der Waals surface area contributed by atoms with Gasteiger partial charge in [-0.1, -0.05) is 23.9 Å². The maximum absolute atomic E-state index is 11.8. The number of aromatic carboxylic acids is 1. The Labute approximate surface area is 120 Å². The summed E-state index contributed by atoms with van der Waals surface area (Å²) in [6, 6.07) is 11.6. The van der Waals surface area contributed by atoms with E-state index in [-0.39, 0.29) is 17.2 Å². The summed E-state index contributed by atoms with van der Waals surface area (Å²) in [4.78, 5) is 26.7. The van der Waals surface area contributed by atoms with Gasteiger partial charge in [-0.3, -0.25) is 4.79 Å². The van der Waals surface area contributed by atoms with E-state index >= 15 is 0 Å². The van der Waals surface area contributed by atoms with Gasteiger partial charge < -0.3 is 10.4 Å². The molecule has 2 N–H and O–H groups in total. The molecule has 1 heterocycles. The van der Waals surface area contributed by atoms with Crippen LogP contribution < -0.4 is 5.32 Å². The molecule has 0 bridgehead atoms. The van der Waals surface area contributed by atoms with Gasteiger partial charge in [0.05, 0.1) is 16.3 Å². The van der Waals surface area contributed by atoms with Crippen molar-refractivity contribution in [1.82, 2.24) is 4.98 Å². The number of nitrogens with one attached hydrogen (secondary N) is 1. The zero-order valence-corrected chi connectivity index (χ0v) is 11.3. The van der Waals surface area contributed by atoms with Gasteiger partial charge in [0, 0.05) is 11.9 Å². The highest BCUT2D eigenvalue weighted by molar-refractivity contribution is 7.99. The van der Waals surface area contributed by atoms with E-state index in [2.05, 4.69) is 10.3 Å². The number of carbonyl (C=O) groups is 2. The average Bonchev–Trinajstić information content (AvgIpc) is 2.46. The van der Waals surface area contributed by atoms with Gasteiger partial charge in [-0.15, -0.1) is 0 Å². The number of aromatic nitrogens is 1. The summed E-state index contributed by atoms with van der Waals surface area (Å²) >= 11 is 1.32. The Hall–Kier alpha value is -2.34. The van der Waals surface area contributed by atoms with Crippen molar-refractivity contribution in [2.75, 3.05) is 11.1 Å². The largest absolute Gasteiger partial charge is 0.478 e. The third-order valence-electron chi connectivity index (χ3n) is 2.38. The second-order valence-corrected chi connectivity index (χ2v) is 4.89. The molecule has 0 saturated heterocycles. The number of carbonyl (C=O) groups excluding carboxylic acids is 1. The third-order valence-corrected chi connectivity index (χ3v) is 3.33. The molecule has 0 saturated carbocycles. The van der Waals surface area contributed by atoms with Gasteiger partial charge in [0.25, 0.3) is 0 Å². The van der Waals surface area contributed by atoms with E-state index in [1.807, 2.05) is 18.2 Å². The third kappa shape index (κ3) is 4.10. The molecule has 6 heteroatoms. The molecule has 1 aromatic carbocycles. The monoisotopic (exact) mass is 288 g/mol. The normalized spacial score (nSPS) is 10.0. The van der Waals surface area contributed by atoms with Crippen LogP contribution in [0, 0.1) is 0 Å². The molecule has 0 aliphatic carbocycles. The topological polar surface area (TPSA) is 79.3 Å². The molecule has 0 aliphatic rings. The summed E-state index contributed by atoms with van der Waals surface area (Å²) in [5.74, 6) is -1.01. The quantitative estimate of drug-likeness (QED) is 0.826. The van der Waals surface area contributed by atoms with Crippen LogP contribution in [0.5, 0.6) is 0 Å². The number of hydrogen-bond donors (Lipinski definition) is 2. The summed E-state index contributed by atoms with van der Waals surface area (Å²) in [5, 5.41) is 12.3. The number of carboxylic acids is 1. The molecular formula is C14H12N2O3S. The van der Waals surface area contributed by atoms with E-state index in [4.69, 9.17) is 5.11 Å². The van der Waals surface area contributed by atoms with Crippen molar-refractivity contribution in [3.05, 3.63) is 54.2 Å². The fraction of sp³-hybridized carbons (Fsp3) is 0.0714. The summed E-state index contributed by atoms with van der Waals surface area (Å²) in [6.07, 6.45) is 1.66. The lowest BCUT2D eigenvalue weighted by Crippen LogP contribution is -2.14. The summed E-state index contributed by atoms with van der Waals surface area (Å²) < 4.78 is 0. The number of anilines is 1. The smallest absolute Gasteiger partial charge is 0.335 e. The van der Waals surface area contributed by atoms with Crippen LogP contribution in [0.1, 0.15) is 10.4 Å². The summed E-state index contributed by atoms with van der Waals surface area (Å²) in [6.45, 7) is 0. The molecule has 2 aromatic rings. The minimum Gasteiger partial charge on any atom is -0.478 e. The molecule has 1 amide bonds. The minimum absolute atomic E-state index is 0.139. The number of thioether (sulfide) groups is 1. The van der Waals surface area contributed by atoms with Crippen molar-refractivity contribution in [2.24, 2.45) is 0 Å². The van der Waals surface area contributed by atoms with E-state index in [9.17, 15) is 9.59 Å². The van der Waals surface area contributed by atoms with Crippen molar-refractivity contribution < 1.29 is 14.7 Å². The lowest BCUT2D eigenvalue weighted by atomic mass is 10.2. The number of pyridine rings is 1. The SMILES string of the molecule is O=C(CSc1ccccn1)Nc1cccc(C(=O)O)c1. The molecule has 0 aliphatic heterocycles. The van der Waals surface area contributed by atoms with Crippen LogP contribution in [0.2, 0.25) is 0 Å². The molecule has 2 rings (SSSR count). The Kier molecular flexibility index (Phi) is 4.73. The Morgan fingerprint density at radius 1 is 1.20 bits per heavy atom. The van der Waals surface area contributed by atoms with Gasteiger partial charge in [-0.25, -0.2) is 9.78 Å². The second kappa shape index (κ2) is 6.72. The number of hydrogen-bond acceptors (Lipinski definition) is 4. The van der Waals surface area contributed by atoms with Gasteiger partial charge in [-0.05, 0) is 30.3 Å². The molecule has 102 valence electrons. The zero-order valence-electron chi connectivity index (χ0n) is 10.4. The van der Waals surface area contributed by atoms with Crippen LogP contribution in [-0.2, 0) is 4.79 Å². The van der Waals surface area contributed by atoms with Crippen molar-refractivity contribution in [1.29, 1.82) is 0 Å². The minimum atomic E-state index is -1.02. The second-order valence-electron chi connectivity index (χ2n) is 3.89. The fourth-order valence-electron chi connectivity index (χ4n) is 1.50. The number of rotatable bonds is 5. The van der Waals surface area contributed by atoms with E-state index < -0.39 is 5.97 Å². The highest BCUT2D eigenvalue weighted by Crippen LogP contribution is 2.15. The Bertz CT molecular complexity index is 617. The first-order valence-electron chi connectivity index (χ1n) is 5.82. The summed E-state index contributed by atoms with van der Waals surface area (Å²) in [7, 11) is 0. The van der Waals surface area contributed by atoms with Gasteiger partial charge in [0.1, 0.15) is 0 Å². The van der Waals surface area contributed by atoms with E-state index in [0.29, 0.717) is 5.69 Å². The van der Waals surface area contributed by atoms with Gasteiger partial charge >= 0.3 is 5.97 Å². The van der Waals surface area contributed by atoms with Gasteiger partial charge in [0.2, 0.25) is 5.91 Å². The number of benzene rings is 1. The molecule has 5 nitrogen and oxygen atoms in total. The first-order chi connectivity index (χ1) is 9.65. The maximum Gasteiger partial charge on any atom is 0.335 e. The Morgan fingerprint density at radius 2 is 2.05 bits per heavy atom. The number of amides is 1. The lowest BCUT2D eigenvalue weighted by Gasteiger charge is -2.05. The first-order valence-corrected chi connectivity index (χ1v) is 6.81. The number of nitrogens with zero attached hydrogens (tertiary/aromatic N) is 1. The van der Waals surface area contributed by atoms with Crippen molar-refractivity contribution in [3.63, 3.8) is 0 Å². The fourth-order valence-corrected chi connectivity index (χ4v) is 2.16. The highest BCUT2D eigenvalue weighted by Gasteiger charge is 2.07. The van der Waals surface area contributed by atoms with Crippen LogP contribution in [0.25, 0.3) is 0 Å². The lowest BCUT2D eigenvalue weighted by molar-refractivity contribution is -0.113. The predicted octanol–water partition coefficient (Wildman–Crippen LogP) is 2.51. The standard InChI is InChI=1S/C14H12N2O3S/c17-12(9-20-13-6-1-2-7-15-13)16-11-5-3-4-10(8-11)14(18)19/h1-8H,9H2,(H,16,17)(H,18,19). The molecule has 20 heavy (non-hydrogen) atoms. The average molecular weight is 288 g/mol. The zero-order chi connectivity index (χ0) is 14.4. The van der Waals surface area contributed by atoms with Gasteiger partial charge in [0.15, 0.2) is 0 Å². The summed E-state index contributed by atoms with van der Waals surface area (Å²) in [5.41, 5.74) is 0.608. The Morgan fingerprint density at radius 3 is 2.75 bits per heavy atom. The number of carboxylic acid groups (broad SMARTS) is 1. The highest BCUT2D eigenvalue weighted by atomic mass is 32.2. The van der Waals surface area contributed by atoms with Crippen molar-refractivity contribution >= 4 is 29.3 Å². The maximum atomic E-state index is 11.8. The predicted molar refractivity (Wildman–Crippen MR) is 77.0 cm³/mol. The van der Waals surface area contributed by atoms with E-state index in [1.165, 1.54) is 23.9 Å². The van der Waals surface area contributed by atoms with Crippen LogP contribution in [0.3, 0.4) is 0 Å². The van der Waals surface area contributed by atoms with Crippen molar-refractivity contribution in [3.8, 4) is 0 Å². The van der Waals surface area contributed by atoms with Crippen molar-refractivity contribution in [2.45, 2.75) is 5.03 Å². The van der Waals surface area contributed by atoms with Crippen LogP contribution in [-0.4, -0.2) is 27.7 Å². The molecular weight excluding hydrogens is 276 g/mol. The first kappa shape index (κ1) is 14.1. The molecule has 1 aromatic heterocycles. The van der Waals surface area contributed by atoms with Gasteiger partial charge in [-0.2, -0.15) is 0 Å².